The van der Waals surface area contributed by atoms with Gasteiger partial charge in [-0.2, -0.15) is 10.4 Å². The first kappa shape index (κ1) is 20.5. The lowest BCUT2D eigenvalue weighted by molar-refractivity contribution is 0.0697. The van der Waals surface area contributed by atoms with Crippen molar-refractivity contribution in [2.24, 2.45) is 0 Å². The topological polar surface area (TPSA) is 91.8 Å². The Kier molecular flexibility index (Phi) is 6.36. The quantitative estimate of drug-likeness (QED) is 0.463. The van der Waals surface area contributed by atoms with Crippen molar-refractivity contribution < 1.29 is 9.90 Å². The third kappa shape index (κ3) is 4.78. The van der Waals surface area contributed by atoms with Crippen LogP contribution in [0.5, 0.6) is 0 Å². The highest BCUT2D eigenvalue weighted by atomic mass is 16.4. The molecule has 1 N–H and O–H groups in total. The fourth-order valence-electron chi connectivity index (χ4n) is 3.10. The van der Waals surface area contributed by atoms with E-state index in [2.05, 4.69) is 16.7 Å². The number of carboxylic acids is 1. The number of nitrogens with zero attached hydrogens (tertiary/aromatic N) is 4. The zero-order valence-corrected chi connectivity index (χ0v) is 16.5. The van der Waals surface area contributed by atoms with Crippen LogP contribution in [-0.2, 0) is 6.42 Å². The Hall–Kier alpha value is -4.24. The number of rotatable bonds is 7. The third-order valence-corrected chi connectivity index (χ3v) is 4.41. The molecule has 0 aliphatic heterocycles. The van der Waals surface area contributed by atoms with Gasteiger partial charge in [0, 0.05) is 29.7 Å². The maximum atomic E-state index is 11.9. The van der Waals surface area contributed by atoms with Crippen molar-refractivity contribution in [3.8, 4) is 17.3 Å². The molecule has 0 saturated heterocycles. The van der Waals surface area contributed by atoms with E-state index in [0.717, 1.165) is 16.8 Å². The molecule has 2 aromatic heterocycles. The predicted octanol–water partition coefficient (Wildman–Crippen LogP) is 4.67. The largest absolute Gasteiger partial charge is 0.478 e. The number of aromatic carboxylic acids is 1. The zero-order chi connectivity index (χ0) is 21.5. The van der Waals surface area contributed by atoms with Crippen LogP contribution in [0.3, 0.4) is 0 Å². The summed E-state index contributed by atoms with van der Waals surface area (Å²) in [5.41, 5.74) is 4.16. The van der Waals surface area contributed by atoms with Crippen LogP contribution in [0.2, 0.25) is 0 Å². The monoisotopic (exact) mass is 396 g/mol. The van der Waals surface area contributed by atoms with E-state index in [1.165, 1.54) is 0 Å². The van der Waals surface area contributed by atoms with Gasteiger partial charge >= 0.3 is 5.97 Å². The molecule has 6 heteroatoms. The van der Waals surface area contributed by atoms with E-state index >= 15 is 0 Å². The second kappa shape index (κ2) is 9.30. The van der Waals surface area contributed by atoms with Gasteiger partial charge in [0.25, 0.3) is 0 Å². The smallest absolute Gasteiger partial charge is 0.336 e. The highest BCUT2D eigenvalue weighted by Crippen LogP contribution is 2.29. The molecule has 0 aliphatic rings. The van der Waals surface area contributed by atoms with Crippen LogP contribution in [0.15, 0.2) is 85.4 Å². The van der Waals surface area contributed by atoms with E-state index in [1.807, 2.05) is 31.2 Å². The number of aromatic nitrogens is 3. The van der Waals surface area contributed by atoms with Crippen molar-refractivity contribution in [3.05, 3.63) is 102 Å². The molecular formula is C24H20N4O2. The predicted molar refractivity (Wildman–Crippen MR) is 115 cm³/mol. The van der Waals surface area contributed by atoms with Gasteiger partial charge < -0.3 is 5.11 Å². The average molecular weight is 396 g/mol. The van der Waals surface area contributed by atoms with Gasteiger partial charge in [-0.15, -0.1) is 0 Å². The fourth-order valence-corrected chi connectivity index (χ4v) is 3.10. The number of hydrogen-bond donors (Lipinski definition) is 1. The minimum atomic E-state index is -0.998. The first-order valence-corrected chi connectivity index (χ1v) is 9.25. The summed E-state index contributed by atoms with van der Waals surface area (Å²) >= 11 is 0. The molecule has 3 rings (SSSR count). The van der Waals surface area contributed by atoms with E-state index in [1.54, 1.807) is 59.7 Å². The van der Waals surface area contributed by atoms with Crippen LogP contribution in [0, 0.1) is 18.3 Å². The molecule has 0 spiro atoms. The van der Waals surface area contributed by atoms with Crippen LogP contribution < -0.4 is 0 Å². The minimum Gasteiger partial charge on any atom is -0.478 e. The Morgan fingerprint density at radius 3 is 2.73 bits per heavy atom. The van der Waals surface area contributed by atoms with Crippen LogP contribution in [0.25, 0.3) is 17.0 Å². The average Bonchev–Trinajstić information content (AvgIpc) is 3.28. The number of aryl methyl sites for hydroxylation is 1. The van der Waals surface area contributed by atoms with Crippen molar-refractivity contribution >= 4 is 11.7 Å². The minimum absolute atomic E-state index is 0.214. The summed E-state index contributed by atoms with van der Waals surface area (Å²) in [5, 5.41) is 23.0. The van der Waals surface area contributed by atoms with E-state index in [0.29, 0.717) is 23.3 Å². The highest BCUT2D eigenvalue weighted by Gasteiger charge is 2.17. The Balaban J connectivity index is 2.10. The van der Waals surface area contributed by atoms with Gasteiger partial charge in [0.15, 0.2) is 0 Å². The van der Waals surface area contributed by atoms with Crippen molar-refractivity contribution in [1.29, 1.82) is 5.26 Å². The van der Waals surface area contributed by atoms with Crippen molar-refractivity contribution in [2.75, 3.05) is 0 Å². The Morgan fingerprint density at radius 2 is 2.10 bits per heavy atom. The molecular weight excluding hydrogens is 376 g/mol. The molecule has 30 heavy (non-hydrogen) atoms. The van der Waals surface area contributed by atoms with E-state index in [4.69, 9.17) is 5.26 Å². The second-order valence-electron chi connectivity index (χ2n) is 6.62. The van der Waals surface area contributed by atoms with Crippen LogP contribution in [0.4, 0.5) is 0 Å². The van der Waals surface area contributed by atoms with Crippen LogP contribution >= 0.6 is 0 Å². The normalized spacial score (nSPS) is 11.4. The number of benzene rings is 1. The first-order valence-electron chi connectivity index (χ1n) is 9.25. The molecule has 0 saturated carbocycles. The molecule has 0 radical (unpaired) electrons. The van der Waals surface area contributed by atoms with Crippen LogP contribution in [-0.4, -0.2) is 25.8 Å². The van der Waals surface area contributed by atoms with Gasteiger partial charge in [0.2, 0.25) is 0 Å². The van der Waals surface area contributed by atoms with Gasteiger partial charge in [-0.1, -0.05) is 24.8 Å². The van der Waals surface area contributed by atoms with Crippen LogP contribution in [0.1, 0.15) is 21.5 Å². The Labute approximate surface area is 174 Å². The molecule has 0 amide bonds. The summed E-state index contributed by atoms with van der Waals surface area (Å²) in [7, 11) is 0. The number of carbonyl (C=O) groups is 1. The molecule has 148 valence electrons. The molecule has 0 atom stereocenters. The van der Waals surface area contributed by atoms with Crippen molar-refractivity contribution in [3.63, 3.8) is 0 Å². The summed E-state index contributed by atoms with van der Waals surface area (Å²) in [6.07, 6.45) is 10.9. The molecule has 6 nitrogen and oxygen atoms in total. The number of nitriles is 1. The van der Waals surface area contributed by atoms with Crippen molar-refractivity contribution in [1.82, 2.24) is 14.8 Å². The maximum Gasteiger partial charge on any atom is 0.336 e. The summed E-state index contributed by atoms with van der Waals surface area (Å²) in [6.45, 7) is 5.53. The van der Waals surface area contributed by atoms with Gasteiger partial charge in [-0.05, 0) is 60.9 Å². The summed E-state index contributed by atoms with van der Waals surface area (Å²) in [6, 6.07) is 12.8. The van der Waals surface area contributed by atoms with E-state index in [-0.39, 0.29) is 5.56 Å². The zero-order valence-electron chi connectivity index (χ0n) is 16.5. The lowest BCUT2D eigenvalue weighted by Crippen LogP contribution is -2.05. The van der Waals surface area contributed by atoms with E-state index in [9.17, 15) is 9.90 Å². The third-order valence-electron chi connectivity index (χ3n) is 4.41. The van der Waals surface area contributed by atoms with Gasteiger partial charge in [0.1, 0.15) is 0 Å². The number of pyridine rings is 1. The summed E-state index contributed by atoms with van der Waals surface area (Å²) in [4.78, 5) is 16.3. The second-order valence-corrected chi connectivity index (χ2v) is 6.62. The number of hydrogen-bond acceptors (Lipinski definition) is 4. The Morgan fingerprint density at radius 1 is 1.27 bits per heavy atom. The van der Waals surface area contributed by atoms with Gasteiger partial charge in [-0.25, -0.2) is 9.48 Å². The molecule has 1 aromatic carbocycles. The maximum absolute atomic E-state index is 11.9. The molecule has 2 heterocycles. The van der Waals surface area contributed by atoms with Gasteiger partial charge in [0.05, 0.1) is 23.0 Å². The van der Waals surface area contributed by atoms with Gasteiger partial charge in [-0.3, -0.25) is 4.98 Å². The SMILES string of the molecule is C=C(C#N)C=CC(=CCc1cc(C)cc(C(=O)O)c1-c1ccccn1)n1cccn1. The number of carboxylic acid groups (broad SMARTS) is 1. The Bertz CT molecular complexity index is 1170. The fraction of sp³-hybridized carbons (Fsp3) is 0.0833. The van der Waals surface area contributed by atoms with E-state index < -0.39 is 5.97 Å². The van der Waals surface area contributed by atoms with Crippen molar-refractivity contribution in [2.45, 2.75) is 13.3 Å². The number of allylic oxidation sites excluding steroid dienone is 5. The molecule has 0 bridgehead atoms. The highest BCUT2D eigenvalue weighted by molar-refractivity contribution is 5.96. The standard InChI is InChI=1S/C24H20N4O2/c1-17(16-25)7-9-20(28-13-5-12-27-28)10-8-19-14-18(2)15-21(24(29)30)23(19)22-6-3-4-11-26-22/h3-7,9-15H,1,8H2,2H3,(H,29,30). The lowest BCUT2D eigenvalue weighted by atomic mass is 9.93. The summed E-state index contributed by atoms with van der Waals surface area (Å²) in [5.74, 6) is -0.998. The molecule has 0 unspecified atom stereocenters. The summed E-state index contributed by atoms with van der Waals surface area (Å²) < 4.78 is 1.68. The first-order chi connectivity index (χ1) is 14.5. The lowest BCUT2D eigenvalue weighted by Gasteiger charge is -2.13. The molecule has 3 aromatic rings. The molecule has 0 aliphatic carbocycles. The molecule has 0 fully saturated rings.